The first-order chi connectivity index (χ1) is 13.4. The normalized spacial score (nSPS) is 18.2. The predicted molar refractivity (Wildman–Crippen MR) is 105 cm³/mol. The molecule has 1 fully saturated rings. The van der Waals surface area contributed by atoms with Gasteiger partial charge in [-0.1, -0.05) is 60.7 Å². The first kappa shape index (κ1) is 20.0. The van der Waals surface area contributed by atoms with Gasteiger partial charge in [-0.2, -0.15) is 0 Å². The van der Waals surface area contributed by atoms with Crippen LogP contribution in [0.15, 0.2) is 91.0 Å². The van der Waals surface area contributed by atoms with Gasteiger partial charge in [0.2, 0.25) is 0 Å². The fourth-order valence-electron chi connectivity index (χ4n) is 3.34. The highest BCUT2D eigenvalue weighted by molar-refractivity contribution is 6.50. The lowest BCUT2D eigenvalue weighted by Gasteiger charge is -2.02. The lowest BCUT2D eigenvalue weighted by molar-refractivity contribution is 0.368. The van der Waals surface area contributed by atoms with Crippen molar-refractivity contribution < 1.29 is 17.3 Å². The summed E-state index contributed by atoms with van der Waals surface area (Å²) in [5, 5.41) is 3.73. The highest BCUT2D eigenvalue weighted by atomic mass is 19.5. The summed E-state index contributed by atoms with van der Waals surface area (Å²) < 4.78 is 39.0. The third-order valence-electron chi connectivity index (χ3n) is 4.53. The largest absolute Gasteiger partial charge is 0.673 e. The summed E-state index contributed by atoms with van der Waals surface area (Å²) in [6, 6.07) is 32.6. The van der Waals surface area contributed by atoms with E-state index in [0.717, 1.165) is 6.54 Å². The monoisotopic (exact) mass is 385 g/mol. The van der Waals surface area contributed by atoms with Gasteiger partial charge in [0.05, 0.1) is 17.9 Å². The van der Waals surface area contributed by atoms with Crippen molar-refractivity contribution in [2.24, 2.45) is 0 Å². The Morgan fingerprint density at radius 3 is 1.71 bits per heavy atom. The van der Waals surface area contributed by atoms with Crippen LogP contribution in [0, 0.1) is 5.92 Å². The van der Waals surface area contributed by atoms with Crippen molar-refractivity contribution in [3.8, 4) is 0 Å². The Labute approximate surface area is 162 Å². The maximum atomic E-state index is 9.75. The van der Waals surface area contributed by atoms with Crippen molar-refractivity contribution in [1.82, 2.24) is 5.32 Å². The summed E-state index contributed by atoms with van der Waals surface area (Å²) in [6.07, 6.45) is 0. The molecule has 0 aromatic heterocycles. The predicted octanol–water partition coefficient (Wildman–Crippen LogP) is 5.86. The van der Waals surface area contributed by atoms with Crippen molar-refractivity contribution in [3.05, 3.63) is 114 Å². The molecule has 1 N–H and O–H groups in total. The summed E-state index contributed by atoms with van der Waals surface area (Å²) in [7, 11) is -6.00. The minimum absolute atomic E-state index is 0.431. The highest BCUT2D eigenvalue weighted by Crippen LogP contribution is 2.53. The van der Waals surface area contributed by atoms with Crippen LogP contribution in [0.5, 0.6) is 0 Å². The van der Waals surface area contributed by atoms with Crippen LogP contribution in [0.3, 0.4) is 0 Å². The minimum atomic E-state index is -6.00. The minimum Gasteiger partial charge on any atom is -0.418 e. The van der Waals surface area contributed by atoms with Gasteiger partial charge < -0.3 is 17.3 Å². The number of halogens is 4. The molecule has 3 aromatic carbocycles. The molecule has 28 heavy (non-hydrogen) atoms. The van der Waals surface area contributed by atoms with E-state index in [1.54, 1.807) is 0 Å². The quantitative estimate of drug-likeness (QED) is 0.329. The van der Waals surface area contributed by atoms with E-state index in [9.17, 15) is 17.3 Å². The third-order valence-corrected chi connectivity index (χ3v) is 4.53. The molecule has 2 atom stereocenters. The van der Waals surface area contributed by atoms with Crippen molar-refractivity contribution >= 4 is 7.25 Å². The van der Waals surface area contributed by atoms with Crippen LogP contribution in [-0.4, -0.2) is 13.3 Å². The molecule has 1 nitrogen and oxygen atoms in total. The van der Waals surface area contributed by atoms with Crippen molar-refractivity contribution in [2.45, 2.75) is 18.5 Å². The molecule has 0 saturated heterocycles. The molecule has 3 aromatic rings. The van der Waals surface area contributed by atoms with E-state index < -0.39 is 7.25 Å². The second kappa shape index (κ2) is 8.98. The molecule has 4 rings (SSSR count). The molecule has 0 aliphatic heterocycles. The maximum Gasteiger partial charge on any atom is 0.673 e. The van der Waals surface area contributed by atoms with Gasteiger partial charge >= 0.3 is 7.25 Å². The Morgan fingerprint density at radius 2 is 1.18 bits per heavy atom. The molecule has 0 spiro atoms. The zero-order valence-corrected chi connectivity index (χ0v) is 15.1. The van der Waals surface area contributed by atoms with E-state index in [1.165, 1.54) is 22.6 Å². The van der Waals surface area contributed by atoms with Gasteiger partial charge in [-0.05, 0) is 29.3 Å². The van der Waals surface area contributed by atoms with Crippen LogP contribution < -0.4 is 5.32 Å². The van der Waals surface area contributed by atoms with Crippen LogP contribution in [0.25, 0.3) is 0 Å². The Bertz CT molecular complexity index is 789. The molecule has 144 valence electrons. The van der Waals surface area contributed by atoms with Gasteiger partial charge in [0.15, 0.2) is 0 Å². The molecule has 1 aliphatic rings. The zero-order chi connectivity index (χ0) is 20.0. The first-order valence-electron chi connectivity index (χ1n) is 9.05. The molecule has 6 heteroatoms. The summed E-state index contributed by atoms with van der Waals surface area (Å²) in [5.74, 6) is 2.00. The van der Waals surface area contributed by atoms with Crippen LogP contribution in [0.4, 0.5) is 17.3 Å². The van der Waals surface area contributed by atoms with Gasteiger partial charge in [0.25, 0.3) is 0 Å². The van der Waals surface area contributed by atoms with Gasteiger partial charge in [-0.25, -0.2) is 0 Å². The van der Waals surface area contributed by atoms with E-state index in [2.05, 4.69) is 96.3 Å². The second-order valence-corrected chi connectivity index (χ2v) is 6.55. The topological polar surface area (TPSA) is 12.0 Å². The van der Waals surface area contributed by atoms with E-state index in [0.29, 0.717) is 12.0 Å². The number of hydrogen-bond acceptors (Lipinski definition) is 1. The first-order valence-corrected chi connectivity index (χ1v) is 9.05. The van der Waals surface area contributed by atoms with Crippen LogP contribution in [0.2, 0.25) is 0 Å². The van der Waals surface area contributed by atoms with E-state index in [-0.39, 0.29) is 0 Å². The van der Waals surface area contributed by atoms with Gasteiger partial charge in [0.1, 0.15) is 5.56 Å². The van der Waals surface area contributed by atoms with Crippen LogP contribution in [-0.2, 0) is 6.54 Å². The zero-order valence-electron chi connectivity index (χ0n) is 15.1. The second-order valence-electron chi connectivity index (χ2n) is 6.55. The smallest absolute Gasteiger partial charge is 0.418 e. The Morgan fingerprint density at radius 1 is 0.714 bits per heavy atom. The lowest BCUT2D eigenvalue weighted by atomic mass is 10.0. The molecule has 2 unspecified atom stereocenters. The van der Waals surface area contributed by atoms with Crippen molar-refractivity contribution in [3.63, 3.8) is 0 Å². The molecule has 1 saturated carbocycles. The standard InChI is InChI=1S/C22H20N.BF4/c1-4-10-17(11-5-1)16-23-22-20(18-12-6-2-7-13-18)21(22)19-14-8-3-9-15-19;2-1(3,4)5/h1-15,20,22-23H,16H2;/q+1;-1. The molecule has 0 heterocycles. The molecule has 0 bridgehead atoms. The van der Waals surface area contributed by atoms with E-state index >= 15 is 0 Å². The van der Waals surface area contributed by atoms with E-state index in [1.807, 2.05) is 0 Å². The molecular weight excluding hydrogens is 365 g/mol. The fraction of sp³-hybridized carbons (Fsp3) is 0.136. The Hall–Kier alpha value is -2.73. The number of benzene rings is 3. The summed E-state index contributed by atoms with van der Waals surface area (Å²) in [4.78, 5) is 0. The van der Waals surface area contributed by atoms with E-state index in [4.69, 9.17) is 0 Å². The Balaban J connectivity index is 0.000000403. The maximum absolute atomic E-state index is 9.75. The average Bonchev–Trinajstić information content (AvgIpc) is 3.42. The van der Waals surface area contributed by atoms with Gasteiger partial charge in [-0.3, -0.25) is 5.32 Å². The van der Waals surface area contributed by atoms with Crippen LogP contribution in [0.1, 0.15) is 22.6 Å². The lowest BCUT2D eigenvalue weighted by Crippen LogP contribution is -2.18. The number of rotatable bonds is 5. The molecule has 0 radical (unpaired) electrons. The summed E-state index contributed by atoms with van der Waals surface area (Å²) in [5.41, 5.74) is 4.09. The molecule has 1 aliphatic carbocycles. The summed E-state index contributed by atoms with van der Waals surface area (Å²) >= 11 is 0. The number of hydrogen-bond donors (Lipinski definition) is 1. The van der Waals surface area contributed by atoms with Crippen LogP contribution >= 0.6 is 0 Å². The fourth-order valence-corrected chi connectivity index (χ4v) is 3.34. The van der Waals surface area contributed by atoms with Gasteiger partial charge in [0, 0.05) is 18.7 Å². The Kier molecular flexibility index (Phi) is 6.42. The average molecular weight is 385 g/mol. The van der Waals surface area contributed by atoms with Gasteiger partial charge in [-0.15, -0.1) is 0 Å². The highest BCUT2D eigenvalue weighted by Gasteiger charge is 2.58. The summed E-state index contributed by atoms with van der Waals surface area (Å²) in [6.45, 7) is 0.908. The third kappa shape index (κ3) is 5.89. The molecule has 0 amide bonds. The van der Waals surface area contributed by atoms with Crippen molar-refractivity contribution in [1.29, 1.82) is 0 Å². The number of nitrogens with one attached hydrogen (secondary N) is 1. The molecular formula is C22H20BF4N. The SMILES string of the molecule is F[B-](F)(F)F.c1ccc(CNC2[C+](c3ccccc3)C2c2ccccc2)cc1. The van der Waals surface area contributed by atoms with Crippen molar-refractivity contribution in [2.75, 3.05) is 0 Å².